The second-order valence-corrected chi connectivity index (χ2v) is 7.17. The molecule has 0 aromatic heterocycles. The second-order valence-electron chi connectivity index (χ2n) is 7.17. The van der Waals surface area contributed by atoms with E-state index in [4.69, 9.17) is 0 Å². The third-order valence-corrected chi connectivity index (χ3v) is 3.73. The quantitative estimate of drug-likeness (QED) is 0.576. The van der Waals surface area contributed by atoms with Crippen LogP contribution in [0.4, 0.5) is 0 Å². The summed E-state index contributed by atoms with van der Waals surface area (Å²) in [5.41, 5.74) is 0.894. The highest BCUT2D eigenvalue weighted by atomic mass is 15.1. The number of hydrogen-bond acceptors (Lipinski definition) is 1. The van der Waals surface area contributed by atoms with Crippen molar-refractivity contribution in [2.75, 3.05) is 20.1 Å². The Morgan fingerprint density at radius 3 is 1.29 bits per heavy atom. The molecule has 84 valence electrons. The van der Waals surface area contributed by atoms with Gasteiger partial charge < -0.3 is 4.90 Å². The van der Waals surface area contributed by atoms with E-state index in [0.717, 1.165) is 11.8 Å². The molecule has 1 aliphatic rings. The molecular weight excluding hydrogens is 170 g/mol. The number of rotatable bonds is 0. The summed E-state index contributed by atoms with van der Waals surface area (Å²) in [5.74, 6) is 1.68. The fourth-order valence-electron chi connectivity index (χ4n) is 2.76. The Bertz CT molecular complexity index is 172. The van der Waals surface area contributed by atoms with Crippen LogP contribution < -0.4 is 0 Å². The first kappa shape index (κ1) is 12.0. The molecule has 1 nitrogen and oxygen atoms in total. The third-order valence-electron chi connectivity index (χ3n) is 3.73. The van der Waals surface area contributed by atoms with E-state index in [9.17, 15) is 0 Å². The Kier molecular flexibility index (Phi) is 3.02. The van der Waals surface area contributed by atoms with Crippen LogP contribution in [0, 0.1) is 22.7 Å². The minimum atomic E-state index is 0.447. The molecule has 1 saturated heterocycles. The zero-order valence-corrected chi connectivity index (χ0v) is 11.0. The van der Waals surface area contributed by atoms with Gasteiger partial charge in [-0.25, -0.2) is 0 Å². The molecule has 14 heavy (non-hydrogen) atoms. The van der Waals surface area contributed by atoms with Crippen LogP contribution in [0.3, 0.4) is 0 Å². The van der Waals surface area contributed by atoms with Crippen LogP contribution >= 0.6 is 0 Å². The Morgan fingerprint density at radius 1 is 0.786 bits per heavy atom. The fraction of sp³-hybridized carbons (Fsp3) is 1.00. The molecule has 0 saturated carbocycles. The molecule has 0 N–H and O–H groups in total. The maximum atomic E-state index is 2.49. The van der Waals surface area contributed by atoms with Gasteiger partial charge in [-0.15, -0.1) is 0 Å². The summed E-state index contributed by atoms with van der Waals surface area (Å²) in [7, 11) is 2.25. The van der Waals surface area contributed by atoms with Gasteiger partial charge in [-0.05, 0) is 29.7 Å². The van der Waals surface area contributed by atoms with E-state index in [-0.39, 0.29) is 0 Å². The van der Waals surface area contributed by atoms with Crippen molar-refractivity contribution >= 4 is 0 Å². The molecule has 1 fully saturated rings. The molecule has 0 aromatic carbocycles. The highest BCUT2D eigenvalue weighted by Gasteiger charge is 2.43. The monoisotopic (exact) mass is 197 g/mol. The average Bonchev–Trinajstić information content (AvgIpc) is 2.27. The third kappa shape index (κ3) is 2.50. The lowest BCUT2D eigenvalue weighted by atomic mass is 9.66. The van der Waals surface area contributed by atoms with E-state index in [1.54, 1.807) is 0 Å². The average molecular weight is 197 g/mol. The molecule has 0 spiro atoms. The smallest absolute Gasteiger partial charge is 0.00151 e. The summed E-state index contributed by atoms with van der Waals surface area (Å²) in [6.07, 6.45) is 0. The lowest BCUT2D eigenvalue weighted by Crippen LogP contribution is -2.34. The van der Waals surface area contributed by atoms with Gasteiger partial charge in [-0.2, -0.15) is 0 Å². The lowest BCUT2D eigenvalue weighted by Gasteiger charge is -2.38. The molecule has 0 amide bonds. The molecule has 1 heteroatoms. The Labute approximate surface area is 89.9 Å². The standard InChI is InChI=1S/C13H27N/c1-12(2,3)10-8-14(7)9-11(10)13(4,5)6/h10-11H,8-9H2,1-7H3. The van der Waals surface area contributed by atoms with Gasteiger partial charge >= 0.3 is 0 Å². The van der Waals surface area contributed by atoms with E-state index in [1.807, 2.05) is 0 Å². The first-order chi connectivity index (χ1) is 6.12. The summed E-state index contributed by atoms with van der Waals surface area (Å²) in [6, 6.07) is 0. The van der Waals surface area contributed by atoms with Gasteiger partial charge in [0.1, 0.15) is 0 Å². The molecular formula is C13H27N. The second kappa shape index (κ2) is 3.52. The van der Waals surface area contributed by atoms with Crippen LogP contribution in [0.25, 0.3) is 0 Å². The van der Waals surface area contributed by atoms with Crippen molar-refractivity contribution < 1.29 is 0 Å². The normalized spacial score (nSPS) is 31.1. The molecule has 1 aliphatic heterocycles. The molecule has 2 atom stereocenters. The largest absolute Gasteiger partial charge is 0.306 e. The van der Waals surface area contributed by atoms with E-state index in [2.05, 4.69) is 53.5 Å². The summed E-state index contributed by atoms with van der Waals surface area (Å²) in [5, 5.41) is 0. The molecule has 0 radical (unpaired) electrons. The summed E-state index contributed by atoms with van der Waals surface area (Å²) < 4.78 is 0. The van der Waals surface area contributed by atoms with Gasteiger partial charge in [0, 0.05) is 13.1 Å². The Hall–Kier alpha value is -0.0400. The van der Waals surface area contributed by atoms with Crippen molar-refractivity contribution in [3.63, 3.8) is 0 Å². The van der Waals surface area contributed by atoms with Crippen molar-refractivity contribution in [2.24, 2.45) is 22.7 Å². The van der Waals surface area contributed by atoms with Crippen molar-refractivity contribution in [2.45, 2.75) is 41.5 Å². The molecule has 2 unspecified atom stereocenters. The van der Waals surface area contributed by atoms with Crippen LogP contribution in [0.15, 0.2) is 0 Å². The van der Waals surface area contributed by atoms with Crippen molar-refractivity contribution in [1.82, 2.24) is 4.90 Å². The molecule has 1 rings (SSSR count). The Morgan fingerprint density at radius 2 is 1.07 bits per heavy atom. The number of nitrogens with zero attached hydrogens (tertiary/aromatic N) is 1. The Balaban J connectivity index is 2.84. The van der Waals surface area contributed by atoms with E-state index < -0.39 is 0 Å². The van der Waals surface area contributed by atoms with Crippen LogP contribution in [0.2, 0.25) is 0 Å². The van der Waals surface area contributed by atoms with Crippen LogP contribution in [-0.2, 0) is 0 Å². The van der Waals surface area contributed by atoms with Gasteiger partial charge in [0.25, 0.3) is 0 Å². The first-order valence-electron chi connectivity index (χ1n) is 5.81. The summed E-state index contributed by atoms with van der Waals surface area (Å²) in [4.78, 5) is 2.49. The predicted octanol–water partition coefficient (Wildman–Crippen LogP) is 3.26. The van der Waals surface area contributed by atoms with Gasteiger partial charge in [-0.3, -0.25) is 0 Å². The molecule has 0 aliphatic carbocycles. The van der Waals surface area contributed by atoms with Gasteiger partial charge in [0.2, 0.25) is 0 Å². The van der Waals surface area contributed by atoms with Gasteiger partial charge in [0.05, 0.1) is 0 Å². The minimum Gasteiger partial charge on any atom is -0.306 e. The fourth-order valence-corrected chi connectivity index (χ4v) is 2.76. The zero-order valence-electron chi connectivity index (χ0n) is 11.0. The minimum absolute atomic E-state index is 0.447. The van der Waals surface area contributed by atoms with Crippen LogP contribution in [0.5, 0.6) is 0 Å². The van der Waals surface area contributed by atoms with Gasteiger partial charge in [-0.1, -0.05) is 41.5 Å². The topological polar surface area (TPSA) is 3.24 Å². The van der Waals surface area contributed by atoms with Crippen LogP contribution in [-0.4, -0.2) is 25.0 Å². The molecule has 0 bridgehead atoms. The molecule has 1 heterocycles. The predicted molar refractivity (Wildman–Crippen MR) is 63.4 cm³/mol. The maximum absolute atomic E-state index is 2.49. The van der Waals surface area contributed by atoms with Crippen LogP contribution in [0.1, 0.15) is 41.5 Å². The molecule has 0 aromatic rings. The maximum Gasteiger partial charge on any atom is 0.00151 e. The van der Waals surface area contributed by atoms with Gasteiger partial charge in [0.15, 0.2) is 0 Å². The van der Waals surface area contributed by atoms with Crippen molar-refractivity contribution in [3.8, 4) is 0 Å². The van der Waals surface area contributed by atoms with E-state index in [0.29, 0.717) is 10.8 Å². The first-order valence-corrected chi connectivity index (χ1v) is 5.81. The highest BCUT2D eigenvalue weighted by Crippen LogP contribution is 2.45. The number of hydrogen-bond donors (Lipinski definition) is 0. The summed E-state index contributed by atoms with van der Waals surface area (Å²) in [6.45, 7) is 16.8. The SMILES string of the molecule is CN1CC(C(C)(C)C)C(C(C)(C)C)C1. The van der Waals surface area contributed by atoms with Crippen molar-refractivity contribution in [1.29, 1.82) is 0 Å². The summed E-state index contributed by atoms with van der Waals surface area (Å²) >= 11 is 0. The number of likely N-dealkylation sites (tertiary alicyclic amines) is 1. The highest BCUT2D eigenvalue weighted by molar-refractivity contribution is 4.94. The van der Waals surface area contributed by atoms with Crippen molar-refractivity contribution in [3.05, 3.63) is 0 Å². The van der Waals surface area contributed by atoms with E-state index in [1.165, 1.54) is 13.1 Å². The lowest BCUT2D eigenvalue weighted by molar-refractivity contribution is 0.115. The van der Waals surface area contributed by atoms with E-state index >= 15 is 0 Å². The zero-order chi connectivity index (χ0) is 11.1.